The van der Waals surface area contributed by atoms with Gasteiger partial charge in [-0.2, -0.15) is 0 Å². The van der Waals surface area contributed by atoms with Crippen LogP contribution in [0.2, 0.25) is 0 Å². The van der Waals surface area contributed by atoms with Crippen LogP contribution in [0.4, 0.5) is 4.79 Å². The molecule has 1 atom stereocenters. The van der Waals surface area contributed by atoms with Crippen LogP contribution < -0.4 is 5.32 Å². The Balaban J connectivity index is 2.51. The van der Waals surface area contributed by atoms with Crippen LogP contribution in [-0.2, 0) is 9.84 Å². The van der Waals surface area contributed by atoms with E-state index in [2.05, 4.69) is 11.9 Å². The third kappa shape index (κ3) is 3.23. The number of amides is 2. The van der Waals surface area contributed by atoms with Gasteiger partial charge in [-0.05, 0) is 6.42 Å². The molecule has 1 aliphatic heterocycles. The minimum Gasteiger partial charge on any atom is -0.335 e. The Labute approximate surface area is 90.1 Å². The lowest BCUT2D eigenvalue weighted by Gasteiger charge is -2.23. The average molecular weight is 232 g/mol. The van der Waals surface area contributed by atoms with E-state index >= 15 is 0 Å². The number of hydrogen-bond donors (Lipinski definition) is 1. The zero-order chi connectivity index (χ0) is 11.5. The monoisotopic (exact) mass is 232 g/mol. The largest absolute Gasteiger partial charge is 0.335 e. The minimum absolute atomic E-state index is 0.0744. The number of carbonyl (C=O) groups is 1. The van der Waals surface area contributed by atoms with Gasteiger partial charge in [-0.25, -0.2) is 13.2 Å². The van der Waals surface area contributed by atoms with Crippen molar-refractivity contribution in [3.05, 3.63) is 12.7 Å². The molecular weight excluding hydrogens is 216 g/mol. The highest BCUT2D eigenvalue weighted by atomic mass is 32.2. The van der Waals surface area contributed by atoms with Crippen LogP contribution in [0, 0.1) is 0 Å². The molecule has 0 aliphatic carbocycles. The van der Waals surface area contributed by atoms with Gasteiger partial charge in [0.15, 0.2) is 9.84 Å². The molecule has 86 valence electrons. The molecule has 0 bridgehead atoms. The first-order valence-electron chi connectivity index (χ1n) is 4.78. The van der Waals surface area contributed by atoms with Gasteiger partial charge in [0.05, 0.1) is 11.5 Å². The Hall–Kier alpha value is -1.04. The summed E-state index contributed by atoms with van der Waals surface area (Å²) in [4.78, 5) is 12.9. The number of hydrogen-bond acceptors (Lipinski definition) is 3. The van der Waals surface area contributed by atoms with Gasteiger partial charge < -0.3 is 10.2 Å². The lowest BCUT2D eigenvalue weighted by Crippen LogP contribution is -2.44. The first-order chi connectivity index (χ1) is 6.96. The molecule has 1 aliphatic rings. The first-order valence-corrected chi connectivity index (χ1v) is 6.60. The molecule has 0 saturated carbocycles. The lowest BCUT2D eigenvalue weighted by molar-refractivity contribution is 0.196. The number of sulfone groups is 1. The van der Waals surface area contributed by atoms with E-state index < -0.39 is 9.84 Å². The molecule has 1 fully saturated rings. The maximum Gasteiger partial charge on any atom is 0.317 e. The third-order valence-electron chi connectivity index (χ3n) is 2.47. The Morgan fingerprint density at radius 1 is 1.67 bits per heavy atom. The number of urea groups is 1. The van der Waals surface area contributed by atoms with Gasteiger partial charge in [0.25, 0.3) is 0 Å². The summed E-state index contributed by atoms with van der Waals surface area (Å²) in [6.45, 7) is 3.87. The standard InChI is InChI=1S/C9H16N2O3S/c1-3-5-10-9(12)11(2)8-4-6-15(13,14)7-8/h3,8H,1,4-7H2,2H3,(H,10,12)/t8-/m1/s1. The van der Waals surface area contributed by atoms with Crippen LogP contribution >= 0.6 is 0 Å². The Kier molecular flexibility index (Phi) is 3.73. The Morgan fingerprint density at radius 3 is 2.80 bits per heavy atom. The van der Waals surface area contributed by atoms with Crippen molar-refractivity contribution in [2.24, 2.45) is 0 Å². The summed E-state index contributed by atoms with van der Waals surface area (Å²) >= 11 is 0. The molecule has 0 spiro atoms. The zero-order valence-electron chi connectivity index (χ0n) is 8.77. The normalized spacial score (nSPS) is 23.4. The van der Waals surface area contributed by atoms with Crippen molar-refractivity contribution in [3.8, 4) is 0 Å². The van der Waals surface area contributed by atoms with Crippen molar-refractivity contribution in [1.29, 1.82) is 0 Å². The van der Waals surface area contributed by atoms with Gasteiger partial charge in [0.1, 0.15) is 0 Å². The highest BCUT2D eigenvalue weighted by Gasteiger charge is 2.32. The highest BCUT2D eigenvalue weighted by molar-refractivity contribution is 7.91. The summed E-state index contributed by atoms with van der Waals surface area (Å²) in [5.41, 5.74) is 0. The van der Waals surface area contributed by atoms with Crippen molar-refractivity contribution in [2.45, 2.75) is 12.5 Å². The molecule has 1 rings (SSSR count). The molecule has 0 aromatic carbocycles. The fourth-order valence-electron chi connectivity index (χ4n) is 1.53. The summed E-state index contributed by atoms with van der Waals surface area (Å²) in [5.74, 6) is 0.252. The maximum absolute atomic E-state index is 11.5. The molecule has 5 nitrogen and oxygen atoms in total. The van der Waals surface area contributed by atoms with Crippen molar-refractivity contribution in [3.63, 3.8) is 0 Å². The lowest BCUT2D eigenvalue weighted by atomic mass is 10.2. The Bertz CT molecular complexity index is 350. The summed E-state index contributed by atoms with van der Waals surface area (Å²) in [6, 6.07) is -0.447. The molecule has 1 N–H and O–H groups in total. The smallest absolute Gasteiger partial charge is 0.317 e. The fraction of sp³-hybridized carbons (Fsp3) is 0.667. The number of nitrogens with one attached hydrogen (secondary N) is 1. The molecule has 2 amide bonds. The second kappa shape index (κ2) is 4.65. The van der Waals surface area contributed by atoms with E-state index in [1.165, 1.54) is 4.90 Å². The topological polar surface area (TPSA) is 66.5 Å². The van der Waals surface area contributed by atoms with Crippen LogP contribution in [0.3, 0.4) is 0 Å². The minimum atomic E-state index is -2.94. The van der Waals surface area contributed by atoms with E-state index in [9.17, 15) is 13.2 Å². The van der Waals surface area contributed by atoms with E-state index in [0.29, 0.717) is 13.0 Å². The maximum atomic E-state index is 11.5. The molecule has 6 heteroatoms. The van der Waals surface area contributed by atoms with Gasteiger partial charge in [-0.3, -0.25) is 0 Å². The predicted molar refractivity (Wildman–Crippen MR) is 58.4 cm³/mol. The van der Waals surface area contributed by atoms with Gasteiger partial charge in [0, 0.05) is 19.6 Å². The summed E-state index contributed by atoms with van der Waals surface area (Å²) in [5, 5.41) is 2.61. The van der Waals surface area contributed by atoms with Gasteiger partial charge in [-0.15, -0.1) is 6.58 Å². The van der Waals surface area contributed by atoms with E-state index in [4.69, 9.17) is 0 Å². The molecule has 1 saturated heterocycles. The Morgan fingerprint density at radius 2 is 2.33 bits per heavy atom. The van der Waals surface area contributed by atoms with E-state index in [1.54, 1.807) is 13.1 Å². The first kappa shape index (κ1) is 12.0. The van der Waals surface area contributed by atoms with Crippen LogP contribution in [0.25, 0.3) is 0 Å². The fourth-order valence-corrected chi connectivity index (χ4v) is 3.31. The SMILES string of the molecule is C=CCNC(=O)N(C)[C@@H]1CCS(=O)(=O)C1. The van der Waals surface area contributed by atoms with Gasteiger partial charge in [0.2, 0.25) is 0 Å². The molecule has 0 unspecified atom stereocenters. The average Bonchev–Trinajstić information content (AvgIpc) is 2.54. The van der Waals surface area contributed by atoms with Gasteiger partial charge in [-0.1, -0.05) is 6.08 Å². The number of rotatable bonds is 3. The zero-order valence-corrected chi connectivity index (χ0v) is 9.59. The summed E-state index contributed by atoms with van der Waals surface area (Å²) < 4.78 is 22.4. The molecule has 15 heavy (non-hydrogen) atoms. The van der Waals surface area contributed by atoms with Crippen molar-refractivity contribution in [2.75, 3.05) is 25.1 Å². The van der Waals surface area contributed by atoms with E-state index in [1.807, 2.05) is 0 Å². The second-order valence-electron chi connectivity index (χ2n) is 3.64. The van der Waals surface area contributed by atoms with E-state index in [0.717, 1.165) is 0 Å². The highest BCUT2D eigenvalue weighted by Crippen LogP contribution is 2.16. The molecule has 0 aromatic rings. The summed E-state index contributed by atoms with van der Waals surface area (Å²) in [7, 11) is -1.32. The molecule has 0 aromatic heterocycles. The quantitative estimate of drug-likeness (QED) is 0.697. The van der Waals surface area contributed by atoms with Crippen LogP contribution in [0.15, 0.2) is 12.7 Å². The summed E-state index contributed by atoms with van der Waals surface area (Å²) in [6.07, 6.45) is 2.11. The number of carbonyl (C=O) groups excluding carboxylic acids is 1. The van der Waals surface area contributed by atoms with Crippen molar-refractivity contribution >= 4 is 15.9 Å². The molecular formula is C9H16N2O3S. The second-order valence-corrected chi connectivity index (χ2v) is 5.87. The third-order valence-corrected chi connectivity index (χ3v) is 4.22. The molecule has 1 heterocycles. The van der Waals surface area contributed by atoms with Crippen molar-refractivity contribution < 1.29 is 13.2 Å². The van der Waals surface area contributed by atoms with Gasteiger partial charge >= 0.3 is 6.03 Å². The van der Waals surface area contributed by atoms with E-state index in [-0.39, 0.29) is 23.6 Å². The van der Waals surface area contributed by atoms with Crippen LogP contribution in [-0.4, -0.2) is 50.5 Å². The van der Waals surface area contributed by atoms with Crippen LogP contribution in [0.1, 0.15) is 6.42 Å². The predicted octanol–water partition coefficient (Wildman–Crippen LogP) is 0.000900. The molecule has 0 radical (unpaired) electrons. The van der Waals surface area contributed by atoms with Crippen molar-refractivity contribution in [1.82, 2.24) is 10.2 Å². The number of nitrogens with zero attached hydrogens (tertiary/aromatic N) is 1. The van der Waals surface area contributed by atoms with Crippen LogP contribution in [0.5, 0.6) is 0 Å².